The third-order valence-electron chi connectivity index (χ3n) is 4.54. The largest absolute Gasteiger partial charge is 0.356 e. The van der Waals surface area contributed by atoms with Gasteiger partial charge in [0.05, 0.1) is 0 Å². The third-order valence-corrected chi connectivity index (χ3v) is 4.54. The molecule has 1 heterocycles. The minimum Gasteiger partial charge on any atom is -0.356 e. The molecule has 4 nitrogen and oxygen atoms in total. The van der Waals surface area contributed by atoms with Gasteiger partial charge in [-0.2, -0.15) is 0 Å². The molecule has 4 heteroatoms. The van der Waals surface area contributed by atoms with E-state index in [2.05, 4.69) is 16.3 Å². The van der Waals surface area contributed by atoms with E-state index in [0.29, 0.717) is 5.92 Å². The number of amides is 1. The van der Waals surface area contributed by atoms with Crippen LogP contribution in [0.3, 0.4) is 0 Å². The number of nitrogens with one attached hydrogen (secondary N) is 1. The number of ketones is 1. The molecule has 1 aromatic carbocycles. The maximum absolute atomic E-state index is 11.6. The fourth-order valence-corrected chi connectivity index (χ4v) is 2.94. The number of nitrogens with zero attached hydrogens (tertiary/aromatic N) is 1. The lowest BCUT2D eigenvalue weighted by Gasteiger charge is -2.32. The van der Waals surface area contributed by atoms with Crippen LogP contribution in [0.15, 0.2) is 24.3 Å². The van der Waals surface area contributed by atoms with Gasteiger partial charge in [0, 0.05) is 24.6 Å². The Labute approximate surface area is 139 Å². The van der Waals surface area contributed by atoms with Gasteiger partial charge in [-0.25, -0.2) is 0 Å². The summed E-state index contributed by atoms with van der Waals surface area (Å²) in [6, 6.07) is 7.91. The molecule has 0 saturated carbocycles. The molecular formula is C19H28N2O2. The molecule has 126 valence electrons. The first-order valence-electron chi connectivity index (χ1n) is 8.55. The fraction of sp³-hybridized carbons (Fsp3) is 0.579. The van der Waals surface area contributed by atoms with Gasteiger partial charge < -0.3 is 5.32 Å². The highest BCUT2D eigenvalue weighted by Gasteiger charge is 2.20. The van der Waals surface area contributed by atoms with E-state index < -0.39 is 0 Å². The summed E-state index contributed by atoms with van der Waals surface area (Å²) in [6.45, 7) is 9.24. The van der Waals surface area contributed by atoms with Gasteiger partial charge in [-0.1, -0.05) is 32.0 Å². The molecule has 1 aromatic rings. The molecule has 1 amide bonds. The molecule has 2 rings (SSSR count). The lowest BCUT2D eigenvalue weighted by molar-refractivity contribution is -0.124. The maximum atomic E-state index is 11.6. The molecule has 0 aromatic heterocycles. The van der Waals surface area contributed by atoms with E-state index in [1.807, 2.05) is 32.0 Å². The van der Waals surface area contributed by atoms with Crippen molar-refractivity contribution in [1.29, 1.82) is 0 Å². The molecule has 1 saturated heterocycles. The first kappa shape index (κ1) is 17.7. The van der Waals surface area contributed by atoms with Crippen molar-refractivity contribution in [3.05, 3.63) is 35.4 Å². The van der Waals surface area contributed by atoms with Gasteiger partial charge in [-0.05, 0) is 50.4 Å². The third kappa shape index (κ3) is 5.47. The molecule has 1 aliphatic rings. The average molecular weight is 316 g/mol. The summed E-state index contributed by atoms with van der Waals surface area (Å²) in [5.74, 6) is 0.904. The Balaban J connectivity index is 1.77. The molecule has 0 bridgehead atoms. The van der Waals surface area contributed by atoms with Gasteiger partial charge in [0.1, 0.15) is 0 Å². The molecule has 1 fully saturated rings. The minimum atomic E-state index is 0.0589. The van der Waals surface area contributed by atoms with Crippen LogP contribution >= 0.6 is 0 Å². The Morgan fingerprint density at radius 1 is 1.26 bits per heavy atom. The Morgan fingerprint density at radius 3 is 2.57 bits per heavy atom. The number of hydrogen-bond acceptors (Lipinski definition) is 3. The van der Waals surface area contributed by atoms with Crippen LogP contribution in [-0.2, 0) is 11.3 Å². The van der Waals surface area contributed by atoms with Crippen LogP contribution in [0.25, 0.3) is 0 Å². The summed E-state index contributed by atoms with van der Waals surface area (Å²) in [5, 5.41) is 3.04. The van der Waals surface area contributed by atoms with E-state index >= 15 is 0 Å². The molecular weight excluding hydrogens is 288 g/mol. The number of carbonyl (C=O) groups excluding carboxylic acids is 2. The lowest BCUT2D eigenvalue weighted by Crippen LogP contribution is -2.39. The second-order valence-corrected chi connectivity index (χ2v) is 6.88. The Hall–Kier alpha value is -1.68. The lowest BCUT2D eigenvalue weighted by atomic mass is 9.96. The fourth-order valence-electron chi connectivity index (χ4n) is 2.94. The van der Waals surface area contributed by atoms with Crippen molar-refractivity contribution < 1.29 is 9.59 Å². The molecule has 23 heavy (non-hydrogen) atoms. The van der Waals surface area contributed by atoms with E-state index in [4.69, 9.17) is 0 Å². The maximum Gasteiger partial charge on any atom is 0.222 e. The van der Waals surface area contributed by atoms with Crippen molar-refractivity contribution in [2.45, 2.75) is 40.2 Å². The summed E-state index contributed by atoms with van der Waals surface area (Å²) in [6.07, 6.45) is 2.23. The van der Waals surface area contributed by atoms with Crippen LogP contribution in [0.5, 0.6) is 0 Å². The number of Topliss-reactive ketones (excluding diaryl/α,β-unsaturated/α-hetero) is 1. The number of rotatable bonds is 6. The average Bonchev–Trinajstić information content (AvgIpc) is 2.54. The second-order valence-electron chi connectivity index (χ2n) is 6.88. The van der Waals surface area contributed by atoms with E-state index in [-0.39, 0.29) is 17.6 Å². The highest BCUT2D eigenvalue weighted by Crippen LogP contribution is 2.19. The highest BCUT2D eigenvalue weighted by atomic mass is 16.1. The van der Waals surface area contributed by atoms with Crippen molar-refractivity contribution in [3.63, 3.8) is 0 Å². The van der Waals surface area contributed by atoms with Crippen molar-refractivity contribution in [1.82, 2.24) is 10.2 Å². The zero-order chi connectivity index (χ0) is 16.8. The van der Waals surface area contributed by atoms with Crippen LogP contribution in [0.1, 0.15) is 49.5 Å². The van der Waals surface area contributed by atoms with Crippen LogP contribution in [-0.4, -0.2) is 36.2 Å². The minimum absolute atomic E-state index is 0.0589. The Morgan fingerprint density at radius 2 is 1.96 bits per heavy atom. The van der Waals surface area contributed by atoms with Gasteiger partial charge in [-0.3, -0.25) is 14.5 Å². The van der Waals surface area contributed by atoms with Gasteiger partial charge in [-0.15, -0.1) is 0 Å². The van der Waals surface area contributed by atoms with Crippen molar-refractivity contribution >= 4 is 11.7 Å². The molecule has 1 N–H and O–H groups in total. The Kier molecular flexibility index (Phi) is 6.34. The van der Waals surface area contributed by atoms with Crippen LogP contribution in [0.2, 0.25) is 0 Å². The van der Waals surface area contributed by atoms with Gasteiger partial charge in [0.15, 0.2) is 5.78 Å². The van der Waals surface area contributed by atoms with Crippen LogP contribution in [0, 0.1) is 11.8 Å². The highest BCUT2D eigenvalue weighted by molar-refractivity contribution is 5.94. The Bertz CT molecular complexity index is 546. The smallest absolute Gasteiger partial charge is 0.222 e. The molecule has 1 aliphatic heterocycles. The van der Waals surface area contributed by atoms with E-state index in [9.17, 15) is 9.59 Å². The first-order chi connectivity index (χ1) is 11.0. The summed E-state index contributed by atoms with van der Waals surface area (Å²) >= 11 is 0. The monoisotopic (exact) mass is 316 g/mol. The summed E-state index contributed by atoms with van der Waals surface area (Å²) in [7, 11) is 0. The van der Waals surface area contributed by atoms with E-state index in [1.54, 1.807) is 6.92 Å². The van der Waals surface area contributed by atoms with Crippen molar-refractivity contribution in [3.8, 4) is 0 Å². The topological polar surface area (TPSA) is 49.4 Å². The van der Waals surface area contributed by atoms with E-state index in [1.165, 1.54) is 5.56 Å². The molecule has 0 aliphatic carbocycles. The summed E-state index contributed by atoms with van der Waals surface area (Å²) < 4.78 is 0. The predicted molar refractivity (Wildman–Crippen MR) is 92.3 cm³/mol. The van der Waals surface area contributed by atoms with Gasteiger partial charge in [0.25, 0.3) is 0 Å². The quantitative estimate of drug-likeness (QED) is 0.821. The second kappa shape index (κ2) is 8.25. The number of carbonyl (C=O) groups is 2. The normalized spacial score (nSPS) is 16.5. The van der Waals surface area contributed by atoms with Crippen LogP contribution in [0.4, 0.5) is 0 Å². The molecule has 0 unspecified atom stereocenters. The molecule has 0 spiro atoms. The summed E-state index contributed by atoms with van der Waals surface area (Å²) in [5.41, 5.74) is 1.98. The number of hydrogen-bond donors (Lipinski definition) is 1. The van der Waals surface area contributed by atoms with E-state index in [0.717, 1.165) is 44.6 Å². The number of benzene rings is 1. The molecule has 0 radical (unpaired) electrons. The van der Waals surface area contributed by atoms with Crippen molar-refractivity contribution in [2.75, 3.05) is 19.6 Å². The zero-order valence-corrected chi connectivity index (χ0v) is 14.5. The molecule has 0 atom stereocenters. The van der Waals surface area contributed by atoms with Gasteiger partial charge in [0.2, 0.25) is 5.91 Å². The SMILES string of the molecule is CC(=O)c1cccc(CN2CCC(CNC(=O)C(C)C)CC2)c1. The number of piperidine rings is 1. The number of likely N-dealkylation sites (tertiary alicyclic amines) is 1. The standard InChI is InChI=1S/C19H28N2O2/c1-14(2)19(23)20-12-16-7-9-21(10-8-16)13-17-5-4-6-18(11-17)15(3)22/h4-6,11,14,16H,7-10,12-13H2,1-3H3,(H,20,23). The van der Waals surface area contributed by atoms with Gasteiger partial charge >= 0.3 is 0 Å². The summed E-state index contributed by atoms with van der Waals surface area (Å²) in [4.78, 5) is 25.5. The predicted octanol–water partition coefficient (Wildman–Crippen LogP) is 2.87. The zero-order valence-electron chi connectivity index (χ0n) is 14.5. The first-order valence-corrected chi connectivity index (χ1v) is 8.55. The van der Waals surface area contributed by atoms with Crippen LogP contribution < -0.4 is 5.32 Å². The van der Waals surface area contributed by atoms with Crippen molar-refractivity contribution in [2.24, 2.45) is 11.8 Å².